The molecule has 2 N–H and O–H groups in total. The number of hydrogen-bond acceptors (Lipinski definition) is 3. The van der Waals surface area contributed by atoms with Crippen molar-refractivity contribution in [2.75, 3.05) is 7.05 Å². The van der Waals surface area contributed by atoms with Crippen LogP contribution in [0, 0.1) is 6.92 Å². The van der Waals surface area contributed by atoms with E-state index in [1.807, 2.05) is 12.1 Å². The summed E-state index contributed by atoms with van der Waals surface area (Å²) in [6.45, 7) is 5.00. The normalized spacial score (nSPS) is 14.4. The van der Waals surface area contributed by atoms with Crippen molar-refractivity contribution in [2.24, 2.45) is 5.73 Å². The van der Waals surface area contributed by atoms with Crippen molar-refractivity contribution in [3.8, 4) is 0 Å². The first-order valence-corrected chi connectivity index (χ1v) is 7.16. The summed E-state index contributed by atoms with van der Waals surface area (Å²) in [6.07, 6.45) is 2.66. The van der Waals surface area contributed by atoms with Crippen LogP contribution >= 0.6 is 0 Å². The lowest BCUT2D eigenvalue weighted by molar-refractivity contribution is 0.188. The number of nitrogens with zero attached hydrogens (tertiary/aromatic N) is 1. The summed E-state index contributed by atoms with van der Waals surface area (Å²) in [7, 11) is 2.10. The topological polar surface area (TPSA) is 42.4 Å². The first-order chi connectivity index (χ1) is 9.61. The van der Waals surface area contributed by atoms with Crippen LogP contribution < -0.4 is 5.73 Å². The fourth-order valence-electron chi connectivity index (χ4n) is 2.56. The summed E-state index contributed by atoms with van der Waals surface area (Å²) in [5, 5.41) is 0. The molecule has 0 spiro atoms. The molecule has 20 heavy (non-hydrogen) atoms. The number of aryl methyl sites for hydroxylation is 1. The maximum Gasteiger partial charge on any atom is 0.117 e. The number of rotatable bonds is 6. The van der Waals surface area contributed by atoms with Crippen LogP contribution in [-0.2, 0) is 6.54 Å². The standard InChI is InChI=1S/C17H24N2O/c1-4-16(18)17(14-9-7-13(2)8-10-14)19(3)12-15-6-5-11-20-15/h5-11,16-17H,4,12,18H2,1-3H3. The minimum atomic E-state index is 0.109. The second-order valence-electron chi connectivity index (χ2n) is 5.42. The third kappa shape index (κ3) is 3.50. The molecule has 0 saturated carbocycles. The van der Waals surface area contributed by atoms with Gasteiger partial charge in [0.2, 0.25) is 0 Å². The van der Waals surface area contributed by atoms with Crippen molar-refractivity contribution in [3.05, 3.63) is 59.5 Å². The predicted molar refractivity (Wildman–Crippen MR) is 82.4 cm³/mol. The highest BCUT2D eigenvalue weighted by atomic mass is 16.3. The molecule has 2 aromatic rings. The average Bonchev–Trinajstić information content (AvgIpc) is 2.94. The average molecular weight is 272 g/mol. The van der Waals surface area contributed by atoms with Crippen LogP contribution in [0.5, 0.6) is 0 Å². The molecule has 1 aromatic heterocycles. The minimum absolute atomic E-state index is 0.109. The minimum Gasteiger partial charge on any atom is -0.468 e. The van der Waals surface area contributed by atoms with Gasteiger partial charge in [-0.1, -0.05) is 36.8 Å². The van der Waals surface area contributed by atoms with Gasteiger partial charge in [-0.05, 0) is 38.1 Å². The van der Waals surface area contributed by atoms with Gasteiger partial charge in [0.1, 0.15) is 5.76 Å². The molecule has 3 heteroatoms. The summed E-state index contributed by atoms with van der Waals surface area (Å²) in [6, 6.07) is 12.9. The van der Waals surface area contributed by atoms with Crippen molar-refractivity contribution in [1.82, 2.24) is 4.90 Å². The van der Waals surface area contributed by atoms with Crippen molar-refractivity contribution in [3.63, 3.8) is 0 Å². The second-order valence-corrected chi connectivity index (χ2v) is 5.42. The van der Waals surface area contributed by atoms with Gasteiger partial charge in [-0.3, -0.25) is 4.90 Å². The first kappa shape index (κ1) is 14.8. The van der Waals surface area contributed by atoms with E-state index in [1.165, 1.54) is 11.1 Å². The van der Waals surface area contributed by atoms with Crippen LogP contribution in [-0.4, -0.2) is 18.0 Å². The Bertz CT molecular complexity index is 504. The summed E-state index contributed by atoms with van der Waals surface area (Å²) in [5.74, 6) is 0.966. The fraction of sp³-hybridized carbons (Fsp3) is 0.412. The molecule has 2 atom stereocenters. The maximum atomic E-state index is 6.34. The Morgan fingerprint density at radius 1 is 1.20 bits per heavy atom. The number of benzene rings is 1. The lowest BCUT2D eigenvalue weighted by Gasteiger charge is -2.32. The zero-order valence-electron chi connectivity index (χ0n) is 12.5. The Morgan fingerprint density at radius 2 is 1.90 bits per heavy atom. The highest BCUT2D eigenvalue weighted by Crippen LogP contribution is 2.25. The lowest BCUT2D eigenvalue weighted by Crippen LogP contribution is -2.38. The van der Waals surface area contributed by atoms with Gasteiger partial charge in [-0.2, -0.15) is 0 Å². The number of hydrogen-bond donors (Lipinski definition) is 1. The van der Waals surface area contributed by atoms with Crippen molar-refractivity contribution in [2.45, 2.75) is 38.9 Å². The summed E-state index contributed by atoms with van der Waals surface area (Å²) in [5.41, 5.74) is 8.88. The van der Waals surface area contributed by atoms with Gasteiger partial charge < -0.3 is 10.2 Å². The highest BCUT2D eigenvalue weighted by Gasteiger charge is 2.23. The number of likely N-dealkylation sites (N-methyl/N-ethyl adjacent to an activating group) is 1. The SMILES string of the molecule is CCC(N)C(c1ccc(C)cc1)N(C)Cc1ccco1. The van der Waals surface area contributed by atoms with Gasteiger partial charge in [0.15, 0.2) is 0 Å². The molecule has 0 fully saturated rings. The van der Waals surface area contributed by atoms with Gasteiger partial charge in [-0.15, -0.1) is 0 Å². The van der Waals surface area contributed by atoms with Gasteiger partial charge in [-0.25, -0.2) is 0 Å². The third-order valence-electron chi connectivity index (χ3n) is 3.76. The molecule has 2 unspecified atom stereocenters. The Morgan fingerprint density at radius 3 is 2.45 bits per heavy atom. The fourth-order valence-corrected chi connectivity index (χ4v) is 2.56. The molecule has 108 valence electrons. The zero-order valence-corrected chi connectivity index (χ0v) is 12.5. The Kier molecular flexibility index (Phi) is 4.99. The lowest BCUT2D eigenvalue weighted by atomic mass is 9.96. The highest BCUT2D eigenvalue weighted by molar-refractivity contribution is 5.25. The number of furan rings is 1. The summed E-state index contributed by atoms with van der Waals surface area (Å²) in [4.78, 5) is 2.26. The molecule has 0 bridgehead atoms. The predicted octanol–water partition coefficient (Wildman–Crippen LogP) is 3.50. The molecule has 0 aliphatic heterocycles. The van der Waals surface area contributed by atoms with Crippen molar-refractivity contribution in [1.29, 1.82) is 0 Å². The van der Waals surface area contributed by atoms with E-state index in [9.17, 15) is 0 Å². The van der Waals surface area contributed by atoms with E-state index in [-0.39, 0.29) is 12.1 Å². The van der Waals surface area contributed by atoms with Crippen molar-refractivity contribution >= 4 is 0 Å². The summed E-state index contributed by atoms with van der Waals surface area (Å²) < 4.78 is 5.44. The molecule has 0 radical (unpaired) electrons. The molecule has 0 saturated heterocycles. The molecule has 2 rings (SSSR count). The largest absolute Gasteiger partial charge is 0.468 e. The van der Waals surface area contributed by atoms with E-state index in [2.05, 4.69) is 50.1 Å². The Hall–Kier alpha value is -1.58. The van der Waals surface area contributed by atoms with E-state index in [4.69, 9.17) is 10.2 Å². The molecule has 3 nitrogen and oxygen atoms in total. The van der Waals surface area contributed by atoms with Crippen LogP contribution in [0.2, 0.25) is 0 Å². The number of nitrogens with two attached hydrogens (primary N) is 1. The van der Waals surface area contributed by atoms with Crippen LogP contribution in [0.1, 0.15) is 36.3 Å². The second kappa shape index (κ2) is 6.73. The molecule has 0 amide bonds. The molecular formula is C17H24N2O. The molecule has 1 aromatic carbocycles. The monoisotopic (exact) mass is 272 g/mol. The van der Waals surface area contributed by atoms with Gasteiger partial charge in [0, 0.05) is 6.04 Å². The zero-order chi connectivity index (χ0) is 14.5. The molecule has 0 aliphatic carbocycles. The summed E-state index contributed by atoms with van der Waals surface area (Å²) >= 11 is 0. The van der Waals surface area contributed by atoms with E-state index in [0.717, 1.165) is 18.7 Å². The molecule has 1 heterocycles. The van der Waals surface area contributed by atoms with Crippen LogP contribution in [0.25, 0.3) is 0 Å². The van der Waals surface area contributed by atoms with Crippen LogP contribution in [0.15, 0.2) is 47.1 Å². The van der Waals surface area contributed by atoms with E-state index >= 15 is 0 Å². The quantitative estimate of drug-likeness (QED) is 0.875. The van der Waals surface area contributed by atoms with Crippen LogP contribution in [0.4, 0.5) is 0 Å². The van der Waals surface area contributed by atoms with Crippen LogP contribution in [0.3, 0.4) is 0 Å². The van der Waals surface area contributed by atoms with E-state index in [1.54, 1.807) is 6.26 Å². The smallest absolute Gasteiger partial charge is 0.117 e. The Balaban J connectivity index is 2.20. The van der Waals surface area contributed by atoms with Gasteiger partial charge >= 0.3 is 0 Å². The first-order valence-electron chi connectivity index (χ1n) is 7.16. The van der Waals surface area contributed by atoms with Gasteiger partial charge in [0.25, 0.3) is 0 Å². The van der Waals surface area contributed by atoms with E-state index in [0.29, 0.717) is 0 Å². The van der Waals surface area contributed by atoms with E-state index < -0.39 is 0 Å². The van der Waals surface area contributed by atoms with Gasteiger partial charge in [0.05, 0.1) is 18.8 Å². The third-order valence-corrected chi connectivity index (χ3v) is 3.76. The molecule has 0 aliphatic rings. The van der Waals surface area contributed by atoms with Crippen molar-refractivity contribution < 1.29 is 4.42 Å². The Labute approximate surface area is 121 Å². The maximum absolute atomic E-state index is 6.34. The molecular weight excluding hydrogens is 248 g/mol.